The molecule has 1 aromatic carbocycles. The van der Waals surface area contributed by atoms with E-state index >= 15 is 0 Å². The van der Waals surface area contributed by atoms with Crippen LogP contribution < -0.4 is 5.32 Å². The molecule has 0 radical (unpaired) electrons. The number of para-hydroxylation sites is 1. The van der Waals surface area contributed by atoms with E-state index in [1.54, 1.807) is 24.0 Å². The van der Waals surface area contributed by atoms with Crippen LogP contribution in [-0.4, -0.2) is 16.8 Å². The van der Waals surface area contributed by atoms with Gasteiger partial charge in [0.15, 0.2) is 5.82 Å². The summed E-state index contributed by atoms with van der Waals surface area (Å²) in [5.41, 5.74) is 2.08. The summed E-state index contributed by atoms with van der Waals surface area (Å²) >= 11 is 0. The molecule has 0 unspecified atom stereocenters. The van der Waals surface area contributed by atoms with E-state index in [1.807, 2.05) is 19.1 Å². The molecule has 0 aliphatic rings. The predicted molar refractivity (Wildman–Crippen MR) is 57.8 cm³/mol. The summed E-state index contributed by atoms with van der Waals surface area (Å²) in [7, 11) is 1.76. The van der Waals surface area contributed by atoms with Gasteiger partial charge in [0.2, 0.25) is 0 Å². The van der Waals surface area contributed by atoms with Crippen molar-refractivity contribution in [2.45, 2.75) is 6.92 Å². The number of benzene rings is 1. The molecular weight excluding hydrogens is 193 g/mol. The van der Waals surface area contributed by atoms with Crippen LogP contribution in [0.3, 0.4) is 0 Å². The van der Waals surface area contributed by atoms with Gasteiger partial charge in [-0.2, -0.15) is 5.10 Å². The molecular formula is C11H12FN3. The smallest absolute Gasteiger partial charge is 0.150 e. The lowest BCUT2D eigenvalue weighted by molar-refractivity contribution is 0.609. The summed E-state index contributed by atoms with van der Waals surface area (Å²) in [6, 6.07) is 6.76. The summed E-state index contributed by atoms with van der Waals surface area (Å²) in [5.74, 6) is -0.284. The lowest BCUT2D eigenvalue weighted by atomic mass is 10.2. The van der Waals surface area contributed by atoms with Gasteiger partial charge in [-0.15, -0.1) is 0 Å². The molecule has 1 N–H and O–H groups in total. The van der Waals surface area contributed by atoms with Gasteiger partial charge in [-0.3, -0.25) is 0 Å². The molecule has 3 nitrogen and oxygen atoms in total. The molecule has 0 aliphatic heterocycles. The number of rotatable bonds is 2. The molecule has 0 saturated carbocycles. The lowest BCUT2D eigenvalue weighted by Crippen LogP contribution is -2.05. The Hall–Kier alpha value is -1.84. The Kier molecular flexibility index (Phi) is 2.41. The molecule has 0 fully saturated rings. The van der Waals surface area contributed by atoms with Crippen molar-refractivity contribution in [3.05, 3.63) is 42.0 Å². The third kappa shape index (κ3) is 1.58. The van der Waals surface area contributed by atoms with Gasteiger partial charge in [0.25, 0.3) is 0 Å². The summed E-state index contributed by atoms with van der Waals surface area (Å²) < 4.78 is 15.3. The molecule has 0 bridgehead atoms. The first kappa shape index (κ1) is 9.71. The van der Waals surface area contributed by atoms with Gasteiger partial charge in [0.05, 0.1) is 5.69 Å². The molecule has 4 heteroatoms. The van der Waals surface area contributed by atoms with Crippen molar-refractivity contribution in [2.24, 2.45) is 0 Å². The average molecular weight is 205 g/mol. The van der Waals surface area contributed by atoms with Crippen LogP contribution in [0.25, 0.3) is 5.69 Å². The zero-order valence-electron chi connectivity index (χ0n) is 8.66. The number of nitrogens with zero attached hydrogens (tertiary/aromatic N) is 2. The zero-order chi connectivity index (χ0) is 10.8. The highest BCUT2D eigenvalue weighted by Crippen LogP contribution is 2.23. The average Bonchev–Trinajstić information content (AvgIpc) is 2.64. The monoisotopic (exact) mass is 205 g/mol. The third-order valence-electron chi connectivity index (χ3n) is 2.30. The van der Waals surface area contributed by atoms with E-state index in [-0.39, 0.29) is 5.82 Å². The second-order valence-corrected chi connectivity index (χ2v) is 3.27. The highest BCUT2D eigenvalue weighted by molar-refractivity contribution is 5.61. The third-order valence-corrected chi connectivity index (χ3v) is 2.30. The zero-order valence-corrected chi connectivity index (χ0v) is 8.66. The van der Waals surface area contributed by atoms with Crippen LogP contribution in [0.1, 0.15) is 5.69 Å². The van der Waals surface area contributed by atoms with Crippen molar-refractivity contribution in [1.82, 2.24) is 9.78 Å². The highest BCUT2D eigenvalue weighted by Gasteiger charge is 2.11. The molecule has 0 saturated heterocycles. The largest absolute Gasteiger partial charge is 0.386 e. The van der Waals surface area contributed by atoms with Crippen LogP contribution >= 0.6 is 0 Å². The normalized spacial score (nSPS) is 10.3. The summed E-state index contributed by atoms with van der Waals surface area (Å²) in [6.07, 6.45) is 1.65. The van der Waals surface area contributed by atoms with Crippen molar-refractivity contribution >= 4 is 5.69 Å². The van der Waals surface area contributed by atoms with Crippen LogP contribution in [-0.2, 0) is 0 Å². The fourth-order valence-electron chi connectivity index (χ4n) is 1.54. The number of anilines is 1. The van der Waals surface area contributed by atoms with E-state index in [0.717, 1.165) is 11.4 Å². The Morgan fingerprint density at radius 1 is 1.33 bits per heavy atom. The van der Waals surface area contributed by atoms with Crippen molar-refractivity contribution in [1.29, 1.82) is 0 Å². The van der Waals surface area contributed by atoms with Crippen LogP contribution in [0.4, 0.5) is 10.1 Å². The van der Waals surface area contributed by atoms with Crippen LogP contribution in [0.15, 0.2) is 30.5 Å². The molecule has 1 heterocycles. The molecule has 15 heavy (non-hydrogen) atoms. The van der Waals surface area contributed by atoms with Crippen molar-refractivity contribution < 1.29 is 4.39 Å². The molecule has 2 aromatic rings. The van der Waals surface area contributed by atoms with E-state index in [4.69, 9.17) is 0 Å². The first-order valence-electron chi connectivity index (χ1n) is 4.71. The Bertz CT molecular complexity index is 476. The Labute approximate surface area is 87.5 Å². The number of hydrogen-bond acceptors (Lipinski definition) is 2. The van der Waals surface area contributed by atoms with Gasteiger partial charge >= 0.3 is 0 Å². The minimum Gasteiger partial charge on any atom is -0.386 e. The van der Waals surface area contributed by atoms with E-state index < -0.39 is 0 Å². The maximum Gasteiger partial charge on any atom is 0.150 e. The number of aryl methyl sites for hydroxylation is 1. The minimum absolute atomic E-state index is 0.284. The molecule has 78 valence electrons. The Morgan fingerprint density at radius 2 is 2.13 bits per heavy atom. The summed E-state index contributed by atoms with van der Waals surface area (Å²) in [5, 5.41) is 7.04. The van der Waals surface area contributed by atoms with Crippen LogP contribution in [0, 0.1) is 12.7 Å². The first-order valence-corrected chi connectivity index (χ1v) is 4.71. The topological polar surface area (TPSA) is 29.9 Å². The lowest BCUT2D eigenvalue weighted by Gasteiger charge is -2.11. The van der Waals surface area contributed by atoms with Crippen LogP contribution in [0.5, 0.6) is 0 Å². The van der Waals surface area contributed by atoms with Crippen molar-refractivity contribution in [2.75, 3.05) is 12.4 Å². The standard InChI is InChI=1S/C11H12FN3/c1-8-6-7-14-15(8)11-9(12)4-3-5-10(11)13-2/h3-7,13H,1-2H3. The van der Waals surface area contributed by atoms with E-state index in [0.29, 0.717) is 5.69 Å². The number of nitrogens with one attached hydrogen (secondary N) is 1. The highest BCUT2D eigenvalue weighted by atomic mass is 19.1. The number of halogens is 1. The number of hydrogen-bond donors (Lipinski definition) is 1. The molecule has 0 spiro atoms. The SMILES string of the molecule is CNc1cccc(F)c1-n1nccc1C. The molecule has 2 rings (SSSR count). The van der Waals surface area contributed by atoms with E-state index in [9.17, 15) is 4.39 Å². The fraction of sp³-hybridized carbons (Fsp3) is 0.182. The quantitative estimate of drug-likeness (QED) is 0.815. The van der Waals surface area contributed by atoms with Gasteiger partial charge in [-0.05, 0) is 25.1 Å². The first-order chi connectivity index (χ1) is 7.24. The molecule has 0 aliphatic carbocycles. The Balaban J connectivity index is 2.66. The second-order valence-electron chi connectivity index (χ2n) is 3.27. The Morgan fingerprint density at radius 3 is 2.73 bits per heavy atom. The summed E-state index contributed by atoms with van der Waals surface area (Å²) in [4.78, 5) is 0. The maximum atomic E-state index is 13.7. The second kappa shape index (κ2) is 3.73. The van der Waals surface area contributed by atoms with Gasteiger partial charge in [-0.25, -0.2) is 9.07 Å². The predicted octanol–water partition coefficient (Wildman–Crippen LogP) is 2.36. The van der Waals surface area contributed by atoms with Gasteiger partial charge in [0.1, 0.15) is 5.69 Å². The van der Waals surface area contributed by atoms with Crippen molar-refractivity contribution in [3.63, 3.8) is 0 Å². The van der Waals surface area contributed by atoms with E-state index in [1.165, 1.54) is 6.07 Å². The molecule has 1 aromatic heterocycles. The minimum atomic E-state index is -0.284. The molecule has 0 amide bonds. The fourth-order valence-corrected chi connectivity index (χ4v) is 1.54. The summed E-state index contributed by atoms with van der Waals surface area (Å²) in [6.45, 7) is 1.89. The number of aromatic nitrogens is 2. The van der Waals surface area contributed by atoms with Gasteiger partial charge in [0, 0.05) is 18.9 Å². The van der Waals surface area contributed by atoms with Gasteiger partial charge < -0.3 is 5.32 Å². The van der Waals surface area contributed by atoms with Gasteiger partial charge in [-0.1, -0.05) is 6.07 Å². The maximum absolute atomic E-state index is 13.7. The van der Waals surface area contributed by atoms with E-state index in [2.05, 4.69) is 10.4 Å². The molecule has 0 atom stereocenters. The van der Waals surface area contributed by atoms with Crippen molar-refractivity contribution in [3.8, 4) is 5.69 Å². The van der Waals surface area contributed by atoms with Crippen LogP contribution in [0.2, 0.25) is 0 Å².